The summed E-state index contributed by atoms with van der Waals surface area (Å²) in [6.45, 7) is -1.42. The molecule has 0 N–H and O–H groups in total. The number of hydrogen-bond donors (Lipinski definition) is 0. The Hall–Kier alpha value is -0.800. The second-order valence-corrected chi connectivity index (χ2v) is 3.72. The second-order valence-electron chi connectivity index (χ2n) is 2.90. The molecule has 14 heavy (non-hydrogen) atoms. The fourth-order valence-electron chi connectivity index (χ4n) is 1.20. The van der Waals surface area contributed by atoms with Crippen LogP contribution >= 0.6 is 23.2 Å². The molecule has 2 rings (SSSR count). The van der Waals surface area contributed by atoms with Gasteiger partial charge in [0.25, 0.3) is 0 Å². The van der Waals surface area contributed by atoms with Gasteiger partial charge in [0.05, 0.1) is 10.0 Å². The Morgan fingerprint density at radius 2 is 1.93 bits per heavy atom. The van der Waals surface area contributed by atoms with Gasteiger partial charge < -0.3 is 4.58 Å². The van der Waals surface area contributed by atoms with Gasteiger partial charge in [-0.25, -0.2) is 8.78 Å². The highest BCUT2D eigenvalue weighted by Gasteiger charge is 2.30. The van der Waals surface area contributed by atoms with Crippen molar-refractivity contribution in [3.8, 4) is 0 Å². The van der Waals surface area contributed by atoms with Crippen LogP contribution in [0.5, 0.6) is 0 Å². The maximum atomic E-state index is 12.1. The highest BCUT2D eigenvalue weighted by Crippen LogP contribution is 2.26. The molecule has 0 bridgehead atoms. The topological polar surface area (TPSA) is 3.01 Å². The molecule has 0 saturated heterocycles. The molecule has 0 aromatic heterocycles. The minimum absolute atomic E-state index is 0.264. The number of rotatable bonds is 2. The summed E-state index contributed by atoms with van der Waals surface area (Å²) in [6.07, 6.45) is 0. The maximum absolute atomic E-state index is 12.1. The first-order valence-electron chi connectivity index (χ1n) is 3.86. The summed E-state index contributed by atoms with van der Waals surface area (Å²) >= 11 is 11.5. The summed E-state index contributed by atoms with van der Waals surface area (Å²) in [7, 11) is 0. The Balaban J connectivity index is 2.32. The van der Waals surface area contributed by atoms with Crippen LogP contribution < -0.4 is 0 Å². The average molecular weight is 236 g/mol. The van der Waals surface area contributed by atoms with Crippen molar-refractivity contribution in [1.29, 1.82) is 0 Å². The van der Waals surface area contributed by atoms with Crippen LogP contribution in [0, 0.1) is 6.55 Å². The van der Waals surface area contributed by atoms with Gasteiger partial charge in [0, 0.05) is 0 Å². The quantitative estimate of drug-likeness (QED) is 0.421. The normalized spacial score (nSPS) is 14.6. The Labute approximate surface area is 89.6 Å². The molecule has 1 aromatic carbocycles. The Morgan fingerprint density at radius 1 is 1.21 bits per heavy atom. The molecule has 0 radical (unpaired) electrons. The predicted octanol–water partition coefficient (Wildman–Crippen LogP) is 3.19. The van der Waals surface area contributed by atoms with Crippen LogP contribution in [0.15, 0.2) is 18.2 Å². The fraction of sp³-hybridized carbons (Fsp3) is 0.111. The van der Waals surface area contributed by atoms with Crippen LogP contribution in [0.25, 0.3) is 0 Å². The van der Waals surface area contributed by atoms with Gasteiger partial charge in [-0.3, -0.25) is 0 Å². The number of benzene rings is 1. The summed E-state index contributed by atoms with van der Waals surface area (Å²) < 4.78 is 25.1. The lowest BCUT2D eigenvalue weighted by molar-refractivity contribution is -0.484. The van der Waals surface area contributed by atoms with Gasteiger partial charge in [0.2, 0.25) is 0 Å². The van der Waals surface area contributed by atoms with Crippen LogP contribution in [0.3, 0.4) is 0 Å². The van der Waals surface area contributed by atoms with Gasteiger partial charge in [-0.1, -0.05) is 29.3 Å². The van der Waals surface area contributed by atoms with E-state index >= 15 is 0 Å². The van der Waals surface area contributed by atoms with E-state index in [0.29, 0.717) is 21.3 Å². The first kappa shape index (κ1) is 9.74. The van der Waals surface area contributed by atoms with E-state index in [4.69, 9.17) is 23.2 Å². The van der Waals surface area contributed by atoms with Crippen molar-refractivity contribution in [3.05, 3.63) is 40.4 Å². The molecular weight excluding hydrogens is 231 g/mol. The van der Waals surface area contributed by atoms with Crippen LogP contribution in [0.4, 0.5) is 8.78 Å². The van der Waals surface area contributed by atoms with Crippen molar-refractivity contribution in [2.24, 2.45) is 0 Å². The Bertz CT molecular complexity index is 415. The summed E-state index contributed by atoms with van der Waals surface area (Å²) in [6, 6.07) is 4.85. The molecule has 0 atom stereocenters. The first-order chi connectivity index (χ1) is 6.59. The molecule has 5 heteroatoms. The SMILES string of the molecule is F[C-](F)[N+]1=C(c2ccc(Cl)c(Cl)c2)C1. The lowest BCUT2D eigenvalue weighted by atomic mass is 10.2. The lowest BCUT2D eigenvalue weighted by Gasteiger charge is -1.97. The third-order valence-corrected chi connectivity index (χ3v) is 2.73. The van der Waals surface area contributed by atoms with Crippen molar-refractivity contribution in [2.45, 2.75) is 0 Å². The highest BCUT2D eigenvalue weighted by atomic mass is 35.5. The van der Waals surface area contributed by atoms with E-state index in [1.165, 1.54) is 0 Å². The van der Waals surface area contributed by atoms with Gasteiger partial charge in [-0.05, 0) is 17.7 Å². The van der Waals surface area contributed by atoms with Crippen molar-refractivity contribution in [1.82, 2.24) is 0 Å². The molecule has 0 unspecified atom stereocenters. The first-order valence-corrected chi connectivity index (χ1v) is 4.62. The van der Waals surface area contributed by atoms with Gasteiger partial charge in [-0.15, -0.1) is 0 Å². The van der Waals surface area contributed by atoms with Gasteiger partial charge in [-0.2, -0.15) is 0 Å². The van der Waals surface area contributed by atoms with E-state index in [2.05, 4.69) is 0 Å². The molecule has 1 heterocycles. The molecule has 1 aliphatic rings. The molecule has 1 nitrogen and oxygen atoms in total. The zero-order valence-corrected chi connectivity index (χ0v) is 8.41. The number of hydrogen-bond acceptors (Lipinski definition) is 0. The van der Waals surface area contributed by atoms with Gasteiger partial charge >= 0.3 is 6.55 Å². The monoisotopic (exact) mass is 235 g/mol. The summed E-state index contributed by atoms with van der Waals surface area (Å²) in [5.74, 6) is 0. The minimum Gasteiger partial charge on any atom is -0.303 e. The van der Waals surface area contributed by atoms with E-state index in [1.807, 2.05) is 0 Å². The molecule has 1 aliphatic heterocycles. The summed E-state index contributed by atoms with van der Waals surface area (Å²) in [5, 5.41) is 0.802. The molecular formula is C9H5Cl2F2N. The summed E-state index contributed by atoms with van der Waals surface area (Å²) in [5.41, 5.74) is 1.26. The van der Waals surface area contributed by atoms with E-state index in [9.17, 15) is 8.78 Å². The number of halogens is 4. The van der Waals surface area contributed by atoms with E-state index in [0.717, 1.165) is 4.58 Å². The molecule has 74 valence electrons. The second kappa shape index (κ2) is 3.41. The lowest BCUT2D eigenvalue weighted by Crippen LogP contribution is -1.90. The maximum Gasteiger partial charge on any atom is 0.367 e. The van der Waals surface area contributed by atoms with Crippen LogP contribution in [-0.4, -0.2) is 16.8 Å². The molecule has 0 amide bonds. The summed E-state index contributed by atoms with van der Waals surface area (Å²) in [4.78, 5) is 0. The zero-order chi connectivity index (χ0) is 10.3. The predicted molar refractivity (Wildman–Crippen MR) is 51.2 cm³/mol. The van der Waals surface area contributed by atoms with Crippen molar-refractivity contribution >= 4 is 28.9 Å². The van der Waals surface area contributed by atoms with E-state index < -0.39 is 6.55 Å². The highest BCUT2D eigenvalue weighted by molar-refractivity contribution is 6.42. The van der Waals surface area contributed by atoms with Crippen LogP contribution in [0.1, 0.15) is 5.56 Å². The third kappa shape index (κ3) is 1.70. The molecule has 0 spiro atoms. The largest absolute Gasteiger partial charge is 0.367 e. The number of nitrogens with zero attached hydrogens (tertiary/aromatic N) is 1. The zero-order valence-electron chi connectivity index (χ0n) is 6.90. The van der Waals surface area contributed by atoms with E-state index in [1.54, 1.807) is 18.2 Å². The average Bonchev–Trinajstić information content (AvgIpc) is 2.89. The van der Waals surface area contributed by atoms with E-state index in [-0.39, 0.29) is 6.54 Å². The minimum atomic E-state index is -1.69. The third-order valence-electron chi connectivity index (χ3n) is 1.99. The van der Waals surface area contributed by atoms with Crippen molar-refractivity contribution in [3.63, 3.8) is 0 Å². The molecule has 1 aromatic rings. The van der Waals surface area contributed by atoms with Crippen molar-refractivity contribution in [2.75, 3.05) is 6.54 Å². The van der Waals surface area contributed by atoms with Gasteiger partial charge in [0.1, 0.15) is 12.3 Å². The van der Waals surface area contributed by atoms with Crippen LogP contribution in [-0.2, 0) is 0 Å². The molecule has 0 saturated carbocycles. The standard InChI is InChI=1S/C9H5Cl2F2N/c10-6-2-1-5(3-7(6)11)8-4-14(8)9(12)13/h1-3H,4H2. The van der Waals surface area contributed by atoms with Gasteiger partial charge in [0.15, 0.2) is 0 Å². The fourth-order valence-corrected chi connectivity index (χ4v) is 1.50. The Morgan fingerprint density at radius 3 is 2.43 bits per heavy atom. The molecule has 0 fully saturated rings. The smallest absolute Gasteiger partial charge is 0.303 e. The van der Waals surface area contributed by atoms with Crippen molar-refractivity contribution < 1.29 is 13.4 Å². The Kier molecular flexibility index (Phi) is 2.37. The van der Waals surface area contributed by atoms with Crippen LogP contribution in [0.2, 0.25) is 10.0 Å². The molecule has 0 aliphatic carbocycles.